The van der Waals surface area contributed by atoms with Crippen LogP contribution >= 0.6 is 0 Å². The van der Waals surface area contributed by atoms with Crippen molar-refractivity contribution in [1.82, 2.24) is 19.7 Å². The van der Waals surface area contributed by atoms with Gasteiger partial charge in [-0.2, -0.15) is 5.10 Å². The first-order chi connectivity index (χ1) is 14.1. The van der Waals surface area contributed by atoms with Gasteiger partial charge in [-0.05, 0) is 55.4 Å². The third kappa shape index (κ3) is 4.58. The highest BCUT2D eigenvalue weighted by Crippen LogP contribution is 2.26. The average molecular weight is 386 g/mol. The van der Waals surface area contributed by atoms with Crippen molar-refractivity contribution < 1.29 is 4.39 Å². The molecule has 0 fully saturated rings. The molecule has 4 aromatic rings. The first-order valence-corrected chi connectivity index (χ1v) is 9.57. The number of hydrogen-bond donors (Lipinski definition) is 0. The summed E-state index contributed by atoms with van der Waals surface area (Å²) in [5, 5.41) is 4.80. The Morgan fingerprint density at radius 2 is 1.86 bits per heavy atom. The maximum atomic E-state index is 13.9. The molecule has 0 unspecified atom stereocenters. The van der Waals surface area contributed by atoms with E-state index in [9.17, 15) is 4.39 Å². The van der Waals surface area contributed by atoms with Gasteiger partial charge < -0.3 is 0 Å². The normalized spacial score (nSPS) is 11.2. The van der Waals surface area contributed by atoms with Gasteiger partial charge in [-0.3, -0.25) is 9.88 Å². The summed E-state index contributed by atoms with van der Waals surface area (Å²) in [5.41, 5.74) is 5.92. The van der Waals surface area contributed by atoms with Gasteiger partial charge in [0, 0.05) is 42.8 Å². The topological polar surface area (TPSA) is 34.0 Å². The van der Waals surface area contributed by atoms with E-state index in [1.807, 2.05) is 41.3 Å². The molecule has 0 bridgehead atoms. The molecule has 2 aromatic carbocycles. The van der Waals surface area contributed by atoms with E-state index in [2.05, 4.69) is 42.1 Å². The minimum Gasteiger partial charge on any atom is -0.298 e. The van der Waals surface area contributed by atoms with Crippen LogP contribution in [0.4, 0.5) is 4.39 Å². The van der Waals surface area contributed by atoms with Gasteiger partial charge in [-0.25, -0.2) is 9.07 Å². The van der Waals surface area contributed by atoms with Gasteiger partial charge in [0.25, 0.3) is 0 Å². The summed E-state index contributed by atoms with van der Waals surface area (Å²) in [6.07, 6.45) is 5.69. The Kier molecular flexibility index (Phi) is 5.49. The number of aryl methyl sites for hydroxylation is 1. The van der Waals surface area contributed by atoms with Gasteiger partial charge in [0.15, 0.2) is 0 Å². The van der Waals surface area contributed by atoms with Crippen molar-refractivity contribution in [2.75, 3.05) is 7.05 Å². The lowest BCUT2D eigenvalue weighted by molar-refractivity contribution is 0.319. The molecule has 4 rings (SSSR count). The molecular formula is C24H23FN4. The summed E-state index contributed by atoms with van der Waals surface area (Å²) in [7, 11) is 2.06. The van der Waals surface area contributed by atoms with Crippen LogP contribution in [0.3, 0.4) is 0 Å². The molecular weight excluding hydrogens is 363 g/mol. The quantitative estimate of drug-likeness (QED) is 0.467. The van der Waals surface area contributed by atoms with Gasteiger partial charge in [-0.1, -0.05) is 30.3 Å². The monoisotopic (exact) mass is 386 g/mol. The molecule has 4 nitrogen and oxygen atoms in total. The number of hydrogen-bond acceptors (Lipinski definition) is 3. The zero-order chi connectivity index (χ0) is 20.2. The Balaban J connectivity index is 1.69. The largest absolute Gasteiger partial charge is 0.298 e. The molecule has 0 spiro atoms. The van der Waals surface area contributed by atoms with Crippen molar-refractivity contribution >= 4 is 0 Å². The summed E-state index contributed by atoms with van der Waals surface area (Å²) in [4.78, 5) is 6.39. The summed E-state index contributed by atoms with van der Waals surface area (Å²) in [6.45, 7) is 3.52. The fourth-order valence-corrected chi connectivity index (χ4v) is 3.46. The van der Waals surface area contributed by atoms with Crippen LogP contribution in [0, 0.1) is 12.7 Å². The summed E-state index contributed by atoms with van der Waals surface area (Å²) < 4.78 is 15.7. The highest BCUT2D eigenvalue weighted by molar-refractivity contribution is 5.63. The summed E-state index contributed by atoms with van der Waals surface area (Å²) >= 11 is 0. The van der Waals surface area contributed by atoms with E-state index in [-0.39, 0.29) is 5.82 Å². The molecule has 0 radical (unpaired) electrons. The van der Waals surface area contributed by atoms with E-state index in [1.54, 1.807) is 12.3 Å². The molecule has 29 heavy (non-hydrogen) atoms. The first kappa shape index (κ1) is 19.0. The van der Waals surface area contributed by atoms with E-state index < -0.39 is 0 Å². The number of rotatable bonds is 6. The van der Waals surface area contributed by atoms with Gasteiger partial charge in [-0.15, -0.1) is 0 Å². The molecule has 0 aliphatic carbocycles. The molecule has 0 saturated heterocycles. The van der Waals surface area contributed by atoms with E-state index in [4.69, 9.17) is 5.10 Å². The molecule has 0 atom stereocenters. The fraction of sp³-hybridized carbons (Fsp3) is 0.167. The number of halogens is 1. The van der Waals surface area contributed by atoms with Crippen molar-refractivity contribution in [3.05, 3.63) is 102 Å². The van der Waals surface area contributed by atoms with Gasteiger partial charge in [0.1, 0.15) is 5.82 Å². The number of benzene rings is 2. The second-order valence-electron chi connectivity index (χ2n) is 7.33. The highest BCUT2D eigenvalue weighted by Gasteiger charge is 2.15. The molecule has 0 aliphatic rings. The highest BCUT2D eigenvalue weighted by atomic mass is 19.1. The Bertz CT molecular complexity index is 1100. The minimum atomic E-state index is -0.262. The molecule has 0 N–H and O–H groups in total. The second-order valence-corrected chi connectivity index (χ2v) is 7.33. The van der Waals surface area contributed by atoms with Gasteiger partial charge in [0.2, 0.25) is 0 Å². The lowest BCUT2D eigenvalue weighted by Gasteiger charge is -2.16. The van der Waals surface area contributed by atoms with E-state index in [1.165, 1.54) is 17.7 Å². The smallest absolute Gasteiger partial charge is 0.123 e. The third-order valence-electron chi connectivity index (χ3n) is 4.77. The lowest BCUT2D eigenvalue weighted by Crippen LogP contribution is -2.17. The molecule has 0 aliphatic heterocycles. The molecule has 146 valence electrons. The average Bonchev–Trinajstić information content (AvgIpc) is 3.12. The first-order valence-electron chi connectivity index (χ1n) is 9.57. The van der Waals surface area contributed by atoms with E-state index in [0.717, 1.165) is 34.6 Å². The Hall–Kier alpha value is -3.31. The predicted octanol–water partition coefficient (Wildman–Crippen LogP) is 5.01. The van der Waals surface area contributed by atoms with Crippen LogP contribution in [0.15, 0.2) is 79.3 Å². The van der Waals surface area contributed by atoms with Crippen molar-refractivity contribution in [3.8, 4) is 16.9 Å². The number of nitrogens with zero attached hydrogens (tertiary/aromatic N) is 4. The molecule has 2 heterocycles. The van der Waals surface area contributed by atoms with E-state index >= 15 is 0 Å². The van der Waals surface area contributed by atoms with Crippen molar-refractivity contribution in [1.29, 1.82) is 0 Å². The minimum absolute atomic E-state index is 0.262. The van der Waals surface area contributed by atoms with Crippen molar-refractivity contribution in [2.45, 2.75) is 20.0 Å². The Morgan fingerprint density at radius 1 is 1.00 bits per heavy atom. The predicted molar refractivity (Wildman–Crippen MR) is 113 cm³/mol. The molecule has 2 aromatic heterocycles. The maximum absolute atomic E-state index is 13.9. The zero-order valence-electron chi connectivity index (χ0n) is 16.6. The standard InChI is InChI=1S/C24H23FN4/c1-18-6-3-10-23(12-18)29-17-21(16-28(2)15-19-7-5-11-26-14-19)24(27-29)20-8-4-9-22(25)13-20/h3-14,17H,15-16H2,1-2H3. The van der Waals surface area contributed by atoms with Crippen LogP contribution in [-0.4, -0.2) is 26.7 Å². The molecule has 0 saturated carbocycles. The third-order valence-corrected chi connectivity index (χ3v) is 4.77. The van der Waals surface area contributed by atoms with Crippen molar-refractivity contribution in [2.24, 2.45) is 0 Å². The van der Waals surface area contributed by atoms with Crippen LogP contribution in [0.1, 0.15) is 16.7 Å². The van der Waals surface area contributed by atoms with Crippen LogP contribution < -0.4 is 0 Å². The van der Waals surface area contributed by atoms with Crippen LogP contribution in [0.2, 0.25) is 0 Å². The summed E-state index contributed by atoms with van der Waals surface area (Å²) in [6, 6.07) is 18.8. The fourth-order valence-electron chi connectivity index (χ4n) is 3.46. The zero-order valence-corrected chi connectivity index (χ0v) is 16.6. The van der Waals surface area contributed by atoms with Gasteiger partial charge in [0.05, 0.1) is 11.4 Å². The maximum Gasteiger partial charge on any atom is 0.123 e. The van der Waals surface area contributed by atoms with Gasteiger partial charge >= 0.3 is 0 Å². The summed E-state index contributed by atoms with van der Waals surface area (Å²) in [5.74, 6) is -0.262. The van der Waals surface area contributed by atoms with Crippen LogP contribution in [0.5, 0.6) is 0 Å². The number of pyridine rings is 1. The van der Waals surface area contributed by atoms with Crippen molar-refractivity contribution in [3.63, 3.8) is 0 Å². The number of aromatic nitrogens is 3. The molecule has 5 heteroatoms. The Labute approximate surface area is 170 Å². The van der Waals surface area contributed by atoms with E-state index in [0.29, 0.717) is 6.54 Å². The molecule has 0 amide bonds. The van der Waals surface area contributed by atoms with Crippen LogP contribution in [-0.2, 0) is 13.1 Å². The SMILES string of the molecule is Cc1cccc(-n2cc(CN(C)Cc3cccnc3)c(-c3cccc(F)c3)n2)c1. The lowest BCUT2D eigenvalue weighted by atomic mass is 10.1. The second kappa shape index (κ2) is 8.37. The Morgan fingerprint density at radius 3 is 2.62 bits per heavy atom. The van der Waals surface area contributed by atoms with Crippen LogP contribution in [0.25, 0.3) is 16.9 Å².